The van der Waals surface area contributed by atoms with Gasteiger partial charge in [0.1, 0.15) is 6.04 Å². The van der Waals surface area contributed by atoms with Crippen molar-refractivity contribution >= 4 is 17.6 Å². The third-order valence-corrected chi connectivity index (χ3v) is 3.70. The summed E-state index contributed by atoms with van der Waals surface area (Å²) in [6.07, 6.45) is 3.53. The molecule has 0 saturated carbocycles. The van der Waals surface area contributed by atoms with Crippen LogP contribution in [-0.4, -0.2) is 30.6 Å². The van der Waals surface area contributed by atoms with Crippen molar-refractivity contribution in [1.82, 2.24) is 4.90 Å². The van der Waals surface area contributed by atoms with E-state index in [0.29, 0.717) is 11.6 Å². The van der Waals surface area contributed by atoms with Crippen LogP contribution in [0.15, 0.2) is 24.3 Å². The molecule has 1 aromatic carbocycles. The number of carbonyl (C=O) groups excluding carboxylic acids is 1. The Hall–Kier alpha value is -1.06. The van der Waals surface area contributed by atoms with Gasteiger partial charge in [0.05, 0.1) is 6.61 Å². The average molecular weight is 282 g/mol. The van der Waals surface area contributed by atoms with Crippen LogP contribution in [0.2, 0.25) is 5.02 Å². The molecule has 0 spiro atoms. The largest absolute Gasteiger partial charge is 0.465 e. The number of hydrogen-bond donors (Lipinski definition) is 0. The van der Waals surface area contributed by atoms with E-state index in [4.69, 9.17) is 16.3 Å². The van der Waals surface area contributed by atoms with Crippen molar-refractivity contribution in [3.8, 4) is 0 Å². The minimum Gasteiger partial charge on any atom is -0.465 e. The van der Waals surface area contributed by atoms with E-state index in [-0.39, 0.29) is 12.0 Å². The number of piperidine rings is 1. The van der Waals surface area contributed by atoms with Crippen molar-refractivity contribution in [1.29, 1.82) is 0 Å². The number of carbonyl (C=O) groups is 1. The van der Waals surface area contributed by atoms with Crippen molar-refractivity contribution in [3.63, 3.8) is 0 Å². The van der Waals surface area contributed by atoms with Gasteiger partial charge in [-0.25, -0.2) is 4.79 Å². The molecule has 4 heteroatoms. The van der Waals surface area contributed by atoms with Crippen LogP contribution in [0, 0.1) is 0 Å². The summed E-state index contributed by atoms with van der Waals surface area (Å²) >= 11 is 5.91. The van der Waals surface area contributed by atoms with Crippen LogP contribution >= 0.6 is 11.6 Å². The highest BCUT2D eigenvalue weighted by molar-refractivity contribution is 6.30. The standard InChI is InChI=1S/C15H20ClNO2/c1-2-19-15(18)14(17-10-4-3-5-11-17)12-6-8-13(16)9-7-12/h6-9,14H,2-5,10-11H2,1H3. The fraction of sp³-hybridized carbons (Fsp3) is 0.533. The molecule has 1 aliphatic rings. The molecule has 0 aromatic heterocycles. The lowest BCUT2D eigenvalue weighted by atomic mass is 10.0. The van der Waals surface area contributed by atoms with Crippen LogP contribution in [0.3, 0.4) is 0 Å². The maximum absolute atomic E-state index is 12.2. The Morgan fingerprint density at radius 2 is 1.89 bits per heavy atom. The molecule has 1 aromatic rings. The zero-order valence-corrected chi connectivity index (χ0v) is 12.0. The molecular formula is C15H20ClNO2. The second-order valence-electron chi connectivity index (χ2n) is 4.80. The quantitative estimate of drug-likeness (QED) is 0.792. The van der Waals surface area contributed by atoms with Gasteiger partial charge in [0, 0.05) is 5.02 Å². The van der Waals surface area contributed by atoms with Crippen molar-refractivity contribution in [2.75, 3.05) is 19.7 Å². The van der Waals surface area contributed by atoms with E-state index in [1.165, 1.54) is 6.42 Å². The summed E-state index contributed by atoms with van der Waals surface area (Å²) in [6.45, 7) is 4.15. The Kier molecular flexibility index (Phi) is 5.23. The molecule has 0 bridgehead atoms. The topological polar surface area (TPSA) is 29.5 Å². The molecule has 1 aliphatic heterocycles. The third-order valence-electron chi connectivity index (χ3n) is 3.45. The van der Waals surface area contributed by atoms with E-state index in [9.17, 15) is 4.79 Å². The van der Waals surface area contributed by atoms with Crippen molar-refractivity contribution in [2.24, 2.45) is 0 Å². The molecule has 1 unspecified atom stereocenters. The Bertz CT molecular complexity index is 413. The molecule has 3 nitrogen and oxygen atoms in total. The molecule has 1 saturated heterocycles. The van der Waals surface area contributed by atoms with Gasteiger partial charge in [-0.05, 0) is 50.6 Å². The lowest BCUT2D eigenvalue weighted by molar-refractivity contribution is -0.150. The second kappa shape index (κ2) is 6.92. The van der Waals surface area contributed by atoms with Gasteiger partial charge in [0.2, 0.25) is 0 Å². The predicted octanol–water partition coefficient (Wildman–Crippen LogP) is 3.43. The number of halogens is 1. The molecule has 1 fully saturated rings. The van der Waals surface area contributed by atoms with E-state index in [1.807, 2.05) is 31.2 Å². The summed E-state index contributed by atoms with van der Waals surface area (Å²) in [5.41, 5.74) is 0.963. The molecule has 2 rings (SSSR count). The number of nitrogens with zero attached hydrogens (tertiary/aromatic N) is 1. The number of ether oxygens (including phenoxy) is 1. The third kappa shape index (κ3) is 3.71. The predicted molar refractivity (Wildman–Crippen MR) is 76.3 cm³/mol. The molecule has 0 N–H and O–H groups in total. The number of likely N-dealkylation sites (tertiary alicyclic amines) is 1. The summed E-state index contributed by atoms with van der Waals surface area (Å²) < 4.78 is 5.23. The van der Waals surface area contributed by atoms with Crippen LogP contribution in [0.5, 0.6) is 0 Å². The zero-order chi connectivity index (χ0) is 13.7. The molecular weight excluding hydrogens is 262 g/mol. The van der Waals surface area contributed by atoms with Crippen LogP contribution < -0.4 is 0 Å². The first-order chi connectivity index (χ1) is 9.22. The maximum atomic E-state index is 12.2. The molecule has 0 radical (unpaired) electrons. The molecule has 104 valence electrons. The number of benzene rings is 1. The normalized spacial score (nSPS) is 18.0. The van der Waals surface area contributed by atoms with Gasteiger partial charge in [-0.3, -0.25) is 4.90 Å². The van der Waals surface area contributed by atoms with Gasteiger partial charge in [0.25, 0.3) is 0 Å². The van der Waals surface area contributed by atoms with Crippen molar-refractivity contribution in [2.45, 2.75) is 32.2 Å². The Labute approximate surface area is 119 Å². The summed E-state index contributed by atoms with van der Waals surface area (Å²) in [5.74, 6) is -0.160. The van der Waals surface area contributed by atoms with Crippen molar-refractivity contribution < 1.29 is 9.53 Å². The van der Waals surface area contributed by atoms with Gasteiger partial charge >= 0.3 is 5.97 Å². The first-order valence-corrected chi connectivity index (χ1v) is 7.26. The smallest absolute Gasteiger partial charge is 0.327 e. The first kappa shape index (κ1) is 14.4. The van der Waals surface area contributed by atoms with Crippen LogP contribution in [0.25, 0.3) is 0 Å². The van der Waals surface area contributed by atoms with Gasteiger partial charge in [0.15, 0.2) is 0 Å². The fourth-order valence-corrected chi connectivity index (χ4v) is 2.66. The van der Waals surface area contributed by atoms with E-state index in [1.54, 1.807) is 0 Å². The Balaban J connectivity index is 2.22. The van der Waals surface area contributed by atoms with Crippen LogP contribution in [-0.2, 0) is 9.53 Å². The van der Waals surface area contributed by atoms with Crippen LogP contribution in [0.1, 0.15) is 37.8 Å². The minimum absolute atomic E-state index is 0.160. The highest BCUT2D eigenvalue weighted by atomic mass is 35.5. The molecule has 1 heterocycles. The fourth-order valence-electron chi connectivity index (χ4n) is 2.54. The van der Waals surface area contributed by atoms with E-state index in [2.05, 4.69) is 4.90 Å². The number of hydrogen-bond acceptors (Lipinski definition) is 3. The van der Waals surface area contributed by atoms with E-state index < -0.39 is 0 Å². The lowest BCUT2D eigenvalue weighted by Crippen LogP contribution is -2.38. The first-order valence-electron chi connectivity index (χ1n) is 6.88. The SMILES string of the molecule is CCOC(=O)C(c1ccc(Cl)cc1)N1CCCCC1. The highest BCUT2D eigenvalue weighted by Gasteiger charge is 2.29. The lowest BCUT2D eigenvalue weighted by Gasteiger charge is -2.33. The second-order valence-corrected chi connectivity index (χ2v) is 5.24. The number of rotatable bonds is 4. The number of esters is 1. The van der Waals surface area contributed by atoms with Crippen molar-refractivity contribution in [3.05, 3.63) is 34.9 Å². The highest BCUT2D eigenvalue weighted by Crippen LogP contribution is 2.27. The summed E-state index contributed by atoms with van der Waals surface area (Å²) in [7, 11) is 0. The van der Waals surface area contributed by atoms with Gasteiger partial charge in [-0.2, -0.15) is 0 Å². The maximum Gasteiger partial charge on any atom is 0.327 e. The summed E-state index contributed by atoms with van der Waals surface area (Å²) in [5, 5.41) is 0.685. The van der Waals surface area contributed by atoms with Gasteiger partial charge < -0.3 is 4.74 Å². The average Bonchev–Trinajstić information content (AvgIpc) is 2.43. The van der Waals surface area contributed by atoms with Gasteiger partial charge in [-0.1, -0.05) is 30.2 Å². The van der Waals surface area contributed by atoms with E-state index >= 15 is 0 Å². The molecule has 1 atom stereocenters. The zero-order valence-electron chi connectivity index (χ0n) is 11.3. The monoisotopic (exact) mass is 281 g/mol. The molecule has 19 heavy (non-hydrogen) atoms. The Morgan fingerprint density at radius 1 is 1.26 bits per heavy atom. The van der Waals surface area contributed by atoms with Crippen LogP contribution in [0.4, 0.5) is 0 Å². The van der Waals surface area contributed by atoms with E-state index in [0.717, 1.165) is 31.5 Å². The molecule has 0 aliphatic carbocycles. The van der Waals surface area contributed by atoms with Gasteiger partial charge in [-0.15, -0.1) is 0 Å². The minimum atomic E-state index is -0.294. The summed E-state index contributed by atoms with van der Waals surface area (Å²) in [6, 6.07) is 7.19. The molecule has 0 amide bonds. The Morgan fingerprint density at radius 3 is 2.47 bits per heavy atom. The summed E-state index contributed by atoms with van der Waals surface area (Å²) in [4.78, 5) is 14.4.